The van der Waals surface area contributed by atoms with Crippen LogP contribution in [0.4, 0.5) is 15.3 Å². The van der Waals surface area contributed by atoms with Gasteiger partial charge < -0.3 is 30.1 Å². The third-order valence-electron chi connectivity index (χ3n) is 11.7. The quantitative estimate of drug-likeness (QED) is 0.116. The summed E-state index contributed by atoms with van der Waals surface area (Å²) in [6.07, 6.45) is 4.05. The van der Waals surface area contributed by atoms with Crippen molar-refractivity contribution in [2.45, 2.75) is 63.2 Å². The fourth-order valence-electron chi connectivity index (χ4n) is 8.58. The maximum atomic E-state index is 14.2. The molecule has 302 valence electrons. The van der Waals surface area contributed by atoms with E-state index in [2.05, 4.69) is 37.0 Å². The number of aromatic amines is 2. The van der Waals surface area contributed by atoms with E-state index in [1.807, 2.05) is 80.6 Å². The van der Waals surface area contributed by atoms with Crippen LogP contribution in [0.25, 0.3) is 33.6 Å². The zero-order valence-electron chi connectivity index (χ0n) is 33.2. The van der Waals surface area contributed by atoms with E-state index in [-0.39, 0.29) is 30.1 Å². The van der Waals surface area contributed by atoms with Crippen LogP contribution in [0.1, 0.15) is 55.5 Å². The van der Waals surface area contributed by atoms with Gasteiger partial charge in [-0.05, 0) is 58.6 Å². The number of hydrogen-bond acceptors (Lipinski definition) is 10. The molecule has 3 aliphatic heterocycles. The number of anilines is 1. The van der Waals surface area contributed by atoms with Crippen molar-refractivity contribution in [1.82, 2.24) is 35.9 Å². The predicted molar refractivity (Wildman–Crippen MR) is 218 cm³/mol. The molecule has 1 saturated heterocycles. The van der Waals surface area contributed by atoms with Gasteiger partial charge in [0, 0.05) is 13.0 Å². The summed E-state index contributed by atoms with van der Waals surface area (Å²) in [5, 5.41) is 18.4. The summed E-state index contributed by atoms with van der Waals surface area (Å²) in [5.74, 6) is -0.0860. The van der Waals surface area contributed by atoms with Crippen LogP contribution in [0.3, 0.4) is 0 Å². The number of para-hydroxylation sites is 1. The average Bonchev–Trinajstić information content (AvgIpc) is 4.08. The van der Waals surface area contributed by atoms with E-state index in [1.165, 1.54) is 14.2 Å². The fourth-order valence-corrected chi connectivity index (χ4v) is 8.58. The van der Waals surface area contributed by atoms with Crippen molar-refractivity contribution < 1.29 is 28.7 Å². The molecular formula is C44H45N9O6. The number of carbonyl (C=O) groups is 4. The molecule has 1 fully saturated rings. The maximum Gasteiger partial charge on any atom is 0.407 e. The van der Waals surface area contributed by atoms with E-state index in [0.717, 1.165) is 44.8 Å². The number of rotatable bonds is 10. The molecule has 0 aliphatic carbocycles. The normalized spacial score (nSPS) is 21.3. The monoisotopic (exact) mass is 795 g/mol. The van der Waals surface area contributed by atoms with Gasteiger partial charge >= 0.3 is 12.2 Å². The summed E-state index contributed by atoms with van der Waals surface area (Å²) < 4.78 is 9.59. The Morgan fingerprint density at radius 3 is 2.14 bits per heavy atom. The number of imidazole rings is 2. The van der Waals surface area contributed by atoms with Crippen molar-refractivity contribution in [2.24, 2.45) is 11.8 Å². The van der Waals surface area contributed by atoms with E-state index >= 15 is 0 Å². The molecular weight excluding hydrogens is 751 g/mol. The van der Waals surface area contributed by atoms with E-state index in [9.17, 15) is 24.4 Å². The second-order valence-corrected chi connectivity index (χ2v) is 15.6. The molecule has 0 unspecified atom stereocenters. The van der Waals surface area contributed by atoms with Crippen LogP contribution in [0, 0.1) is 23.2 Å². The molecule has 0 bridgehead atoms. The Bertz CT molecular complexity index is 2450. The summed E-state index contributed by atoms with van der Waals surface area (Å²) in [6, 6.07) is 22.5. The molecule has 3 amide bonds. The highest BCUT2D eigenvalue weighted by Gasteiger charge is 2.52. The zero-order chi connectivity index (χ0) is 41.4. The third-order valence-corrected chi connectivity index (χ3v) is 11.7. The Balaban J connectivity index is 0.989. The zero-order valence-corrected chi connectivity index (χ0v) is 33.2. The Morgan fingerprint density at radius 1 is 0.881 bits per heavy atom. The minimum absolute atomic E-state index is 0.186. The first-order valence-electron chi connectivity index (χ1n) is 19.7. The second-order valence-electron chi connectivity index (χ2n) is 15.6. The molecule has 5 atom stereocenters. The molecule has 59 heavy (non-hydrogen) atoms. The Morgan fingerprint density at radius 2 is 1.51 bits per heavy atom. The highest BCUT2D eigenvalue weighted by Crippen LogP contribution is 2.45. The number of benzene rings is 3. The molecule has 0 spiro atoms. The van der Waals surface area contributed by atoms with E-state index < -0.39 is 35.7 Å². The van der Waals surface area contributed by atoms with Crippen LogP contribution in [0.15, 0.2) is 79.1 Å². The van der Waals surface area contributed by atoms with Gasteiger partial charge in [-0.1, -0.05) is 80.6 Å². The van der Waals surface area contributed by atoms with Gasteiger partial charge in [-0.3, -0.25) is 19.8 Å². The average molecular weight is 796 g/mol. The lowest BCUT2D eigenvalue weighted by atomic mass is 9.81. The molecule has 15 heteroatoms. The fraction of sp³-hybridized carbons (Fsp3) is 0.341. The van der Waals surface area contributed by atoms with Crippen LogP contribution in [0.5, 0.6) is 0 Å². The molecule has 5 aromatic rings. The lowest BCUT2D eigenvalue weighted by molar-refractivity contribution is -0.128. The van der Waals surface area contributed by atoms with Gasteiger partial charge in [-0.25, -0.2) is 19.6 Å². The molecule has 3 aromatic carbocycles. The Hall–Kier alpha value is -6.79. The number of Topliss-reactive ketones (excluding diaryl/α,β-unsaturated/α-hetero) is 1. The van der Waals surface area contributed by atoms with Crippen molar-refractivity contribution >= 4 is 29.6 Å². The number of H-pyrrole nitrogens is 2. The topological polar surface area (TPSA) is 207 Å². The number of ether oxygens (including phenoxy) is 2. The summed E-state index contributed by atoms with van der Waals surface area (Å²) >= 11 is 0. The summed E-state index contributed by atoms with van der Waals surface area (Å²) in [4.78, 5) is 70.3. The van der Waals surface area contributed by atoms with Crippen molar-refractivity contribution in [2.75, 3.05) is 25.7 Å². The first-order valence-corrected chi connectivity index (χ1v) is 19.7. The standard InChI is InChI=1S/C44H45N9O6/c1-24(2)36(52-43(57)59-4)38(54)44(19-25(20-45)21-48-44)41-47-23-34(50-41)29-14-10-27(11-15-29)26-8-12-28(13-9-26)33-22-46-39(49-33)35-18-31-7-5-6-30-16-17-32(51-42(56)58-3)40(55)53(35)37(30)31/h5-15,22-25,32,35-36,48H,16-19,21H2,1-4H3,(H,46,49)(H,47,50)(H,51,56)(H,52,57)/t25-,32-,35-,36-,44+/m0/s1. The smallest absolute Gasteiger partial charge is 0.407 e. The predicted octanol–water partition coefficient (Wildman–Crippen LogP) is 5.71. The SMILES string of the molecule is COC(=O)N[C@H]1CCc2cccc3c2N(C1=O)[C@H](c1ncc(-c2ccc(-c4ccc(-c5cnc([C@]6(C(=O)[C@@H](NC(=O)OC)C(C)C)C[C@@H](C#N)CN6)[nH]5)cc4)cc2)[nH]1)C3. The number of nitriles is 1. The number of aryl methyl sites for hydroxylation is 1. The minimum atomic E-state index is -1.30. The largest absolute Gasteiger partial charge is 0.453 e. The summed E-state index contributed by atoms with van der Waals surface area (Å²) in [5.41, 5.74) is 7.05. The van der Waals surface area contributed by atoms with Crippen LogP contribution in [-0.4, -0.2) is 76.7 Å². The number of aromatic nitrogens is 4. The van der Waals surface area contributed by atoms with Crippen LogP contribution >= 0.6 is 0 Å². The lowest BCUT2D eigenvalue weighted by Gasteiger charge is -2.32. The third kappa shape index (κ3) is 7.20. The highest BCUT2D eigenvalue weighted by atomic mass is 16.5. The lowest BCUT2D eigenvalue weighted by Crippen LogP contribution is -2.57. The van der Waals surface area contributed by atoms with Gasteiger partial charge in [-0.2, -0.15) is 5.26 Å². The number of carbonyl (C=O) groups excluding carboxylic acids is 4. The molecule has 15 nitrogen and oxygen atoms in total. The summed E-state index contributed by atoms with van der Waals surface area (Å²) in [7, 11) is 2.53. The van der Waals surface area contributed by atoms with Gasteiger partial charge in [0.2, 0.25) is 5.91 Å². The van der Waals surface area contributed by atoms with Gasteiger partial charge in [0.25, 0.3) is 0 Å². The van der Waals surface area contributed by atoms with Gasteiger partial charge in [-0.15, -0.1) is 0 Å². The van der Waals surface area contributed by atoms with Gasteiger partial charge in [0.15, 0.2) is 5.78 Å². The van der Waals surface area contributed by atoms with Crippen LogP contribution < -0.4 is 20.9 Å². The van der Waals surface area contributed by atoms with E-state index in [0.29, 0.717) is 43.1 Å². The number of hydrogen-bond donors (Lipinski definition) is 5. The number of alkyl carbamates (subject to hydrolysis) is 2. The molecule has 0 radical (unpaired) electrons. The molecule has 3 aliphatic rings. The molecule has 0 saturated carbocycles. The van der Waals surface area contributed by atoms with Gasteiger partial charge in [0.1, 0.15) is 23.2 Å². The maximum absolute atomic E-state index is 14.2. The van der Waals surface area contributed by atoms with Crippen LogP contribution in [0.2, 0.25) is 0 Å². The Labute approximate surface area is 340 Å². The highest BCUT2D eigenvalue weighted by molar-refractivity contribution is 6.02. The minimum Gasteiger partial charge on any atom is -0.453 e. The van der Waals surface area contributed by atoms with Crippen LogP contribution in [-0.2, 0) is 37.4 Å². The first-order chi connectivity index (χ1) is 28.5. The second kappa shape index (κ2) is 15.9. The number of methoxy groups -OCH3 is 2. The van der Waals surface area contributed by atoms with Crippen molar-refractivity contribution in [3.63, 3.8) is 0 Å². The van der Waals surface area contributed by atoms with Crippen molar-refractivity contribution in [1.29, 1.82) is 5.26 Å². The number of amides is 3. The summed E-state index contributed by atoms with van der Waals surface area (Å²) in [6.45, 7) is 3.99. The van der Waals surface area contributed by atoms with E-state index in [1.54, 1.807) is 17.3 Å². The molecule has 8 rings (SSSR count). The molecule has 5 N–H and O–H groups in total. The number of ketones is 1. The van der Waals surface area contributed by atoms with Crippen molar-refractivity contribution in [3.8, 4) is 39.7 Å². The van der Waals surface area contributed by atoms with Crippen molar-refractivity contribution in [3.05, 3.63) is 102 Å². The van der Waals surface area contributed by atoms with Gasteiger partial charge in [0.05, 0.1) is 67.8 Å². The Kier molecular flexibility index (Phi) is 10.5. The number of nitrogens with zero attached hydrogens (tertiary/aromatic N) is 4. The molecule has 2 aromatic heterocycles. The van der Waals surface area contributed by atoms with E-state index in [4.69, 9.17) is 14.5 Å². The number of nitrogens with one attached hydrogen (secondary N) is 5. The molecule has 5 heterocycles. The first kappa shape index (κ1) is 39.1.